The molecule has 16 heavy (non-hydrogen) atoms. The molecule has 0 saturated carbocycles. The largest absolute Gasteiger partial charge is 0.384 e. The van der Waals surface area contributed by atoms with Gasteiger partial charge in [0.05, 0.1) is 17.3 Å². The zero-order valence-electron chi connectivity index (χ0n) is 8.74. The van der Waals surface area contributed by atoms with Gasteiger partial charge in [-0.3, -0.25) is 0 Å². The van der Waals surface area contributed by atoms with Gasteiger partial charge in [0.15, 0.2) is 0 Å². The summed E-state index contributed by atoms with van der Waals surface area (Å²) in [5.41, 5.74) is 7.00. The number of aryl methyl sites for hydroxylation is 1. The normalized spacial score (nSPS) is 10.7. The minimum absolute atomic E-state index is 0.111. The molecule has 0 fully saturated rings. The third kappa shape index (κ3) is 2.02. The van der Waals surface area contributed by atoms with Crippen molar-refractivity contribution < 1.29 is 4.39 Å². The fourth-order valence-corrected chi connectivity index (χ4v) is 1.72. The first-order valence-corrected chi connectivity index (χ1v) is 5.18. The highest BCUT2D eigenvalue weighted by Gasteiger charge is 2.09. The quantitative estimate of drug-likeness (QED) is 0.876. The Morgan fingerprint density at radius 2 is 2.25 bits per heavy atom. The molecule has 0 spiro atoms. The van der Waals surface area contributed by atoms with Gasteiger partial charge in [0, 0.05) is 11.6 Å². The highest BCUT2D eigenvalue weighted by Crippen LogP contribution is 2.19. The van der Waals surface area contributed by atoms with E-state index in [0.717, 1.165) is 5.69 Å². The maximum Gasteiger partial charge on any atom is 0.146 e. The first kappa shape index (κ1) is 11.0. The Morgan fingerprint density at radius 3 is 2.88 bits per heavy atom. The Kier molecular flexibility index (Phi) is 2.83. The average molecular weight is 240 g/mol. The van der Waals surface area contributed by atoms with Crippen molar-refractivity contribution in [2.45, 2.75) is 13.5 Å². The number of anilines is 1. The molecule has 0 saturated heterocycles. The molecule has 0 bridgehead atoms. The van der Waals surface area contributed by atoms with E-state index in [1.165, 1.54) is 6.07 Å². The summed E-state index contributed by atoms with van der Waals surface area (Å²) in [5, 5.41) is 4.27. The number of rotatable bonds is 2. The molecule has 2 rings (SSSR count). The molecule has 2 N–H and O–H groups in total. The number of hydrogen-bond donors (Lipinski definition) is 1. The summed E-state index contributed by atoms with van der Waals surface area (Å²) in [6.45, 7) is 2.12. The summed E-state index contributed by atoms with van der Waals surface area (Å²) in [7, 11) is 0. The molecule has 0 aliphatic heterocycles. The Labute approximate surface area is 97.6 Å². The van der Waals surface area contributed by atoms with Crippen molar-refractivity contribution in [1.82, 2.24) is 9.78 Å². The molecular formula is C11H11ClFN3. The van der Waals surface area contributed by atoms with Gasteiger partial charge in [-0.1, -0.05) is 23.7 Å². The molecule has 0 unspecified atom stereocenters. The van der Waals surface area contributed by atoms with Gasteiger partial charge < -0.3 is 5.73 Å². The predicted octanol–water partition coefficient (Wildman–Crippen LogP) is 2.61. The van der Waals surface area contributed by atoms with Crippen LogP contribution in [0.15, 0.2) is 24.3 Å². The van der Waals surface area contributed by atoms with E-state index >= 15 is 0 Å². The lowest BCUT2D eigenvalue weighted by Crippen LogP contribution is -2.07. The first-order chi connectivity index (χ1) is 7.58. The molecule has 1 aromatic heterocycles. The molecule has 0 radical (unpaired) electrons. The standard InChI is InChI=1S/C11H11ClFN3/c1-7-5-10(14)16(15-7)6-8-3-2-4-9(12)11(8)13/h2-5H,6,14H2,1H3. The highest BCUT2D eigenvalue weighted by molar-refractivity contribution is 6.30. The molecule has 2 aromatic rings. The van der Waals surface area contributed by atoms with Crippen LogP contribution < -0.4 is 5.73 Å². The van der Waals surface area contributed by atoms with Crippen LogP contribution in [0.1, 0.15) is 11.3 Å². The van der Waals surface area contributed by atoms with Gasteiger partial charge in [0.25, 0.3) is 0 Å². The SMILES string of the molecule is Cc1cc(N)n(Cc2cccc(Cl)c2F)n1. The number of nitrogens with two attached hydrogens (primary N) is 1. The first-order valence-electron chi connectivity index (χ1n) is 4.81. The topological polar surface area (TPSA) is 43.8 Å². The molecule has 5 heteroatoms. The van der Waals surface area contributed by atoms with E-state index in [1.54, 1.807) is 22.9 Å². The second-order valence-corrected chi connectivity index (χ2v) is 3.99. The van der Waals surface area contributed by atoms with Crippen LogP contribution >= 0.6 is 11.6 Å². The smallest absolute Gasteiger partial charge is 0.146 e. The monoisotopic (exact) mass is 239 g/mol. The lowest BCUT2D eigenvalue weighted by atomic mass is 10.2. The average Bonchev–Trinajstić information content (AvgIpc) is 2.53. The summed E-state index contributed by atoms with van der Waals surface area (Å²) >= 11 is 5.69. The van der Waals surface area contributed by atoms with Gasteiger partial charge in [-0.25, -0.2) is 9.07 Å². The molecule has 1 aromatic carbocycles. The summed E-state index contributed by atoms with van der Waals surface area (Å²) < 4.78 is 15.2. The van der Waals surface area contributed by atoms with Gasteiger partial charge in [-0.15, -0.1) is 0 Å². The zero-order chi connectivity index (χ0) is 11.7. The van der Waals surface area contributed by atoms with E-state index in [-0.39, 0.29) is 11.6 Å². The molecule has 0 aliphatic rings. The molecule has 84 valence electrons. The van der Waals surface area contributed by atoms with Crippen molar-refractivity contribution in [3.05, 3.63) is 46.4 Å². The lowest BCUT2D eigenvalue weighted by molar-refractivity contribution is 0.587. The van der Waals surface area contributed by atoms with Crippen LogP contribution in [0.5, 0.6) is 0 Å². The van der Waals surface area contributed by atoms with Crippen LogP contribution in [-0.2, 0) is 6.54 Å². The second-order valence-electron chi connectivity index (χ2n) is 3.58. The third-order valence-electron chi connectivity index (χ3n) is 2.28. The molecular weight excluding hydrogens is 229 g/mol. The molecule has 0 amide bonds. The van der Waals surface area contributed by atoms with Gasteiger partial charge >= 0.3 is 0 Å². The van der Waals surface area contributed by atoms with E-state index in [4.69, 9.17) is 17.3 Å². The number of aromatic nitrogens is 2. The van der Waals surface area contributed by atoms with E-state index in [1.807, 2.05) is 6.92 Å². The zero-order valence-corrected chi connectivity index (χ0v) is 9.50. The van der Waals surface area contributed by atoms with Crippen LogP contribution in [0.2, 0.25) is 5.02 Å². The van der Waals surface area contributed by atoms with E-state index in [9.17, 15) is 4.39 Å². The van der Waals surface area contributed by atoms with Crippen molar-refractivity contribution in [2.75, 3.05) is 5.73 Å². The number of benzene rings is 1. The van der Waals surface area contributed by atoms with Crippen LogP contribution in [0.25, 0.3) is 0 Å². The van der Waals surface area contributed by atoms with Crippen molar-refractivity contribution in [3.63, 3.8) is 0 Å². The fraction of sp³-hybridized carbons (Fsp3) is 0.182. The number of nitrogen functional groups attached to an aromatic ring is 1. The van der Waals surface area contributed by atoms with Crippen LogP contribution in [0.4, 0.5) is 10.2 Å². The predicted molar refractivity (Wildman–Crippen MR) is 61.9 cm³/mol. The minimum Gasteiger partial charge on any atom is -0.384 e. The number of nitrogens with zero attached hydrogens (tertiary/aromatic N) is 2. The number of hydrogen-bond acceptors (Lipinski definition) is 2. The molecule has 3 nitrogen and oxygen atoms in total. The Morgan fingerprint density at radius 1 is 1.50 bits per heavy atom. The van der Waals surface area contributed by atoms with Crippen LogP contribution in [0, 0.1) is 12.7 Å². The fourth-order valence-electron chi connectivity index (χ4n) is 1.52. The molecule has 1 heterocycles. The van der Waals surface area contributed by atoms with E-state index in [0.29, 0.717) is 11.4 Å². The van der Waals surface area contributed by atoms with Gasteiger partial charge in [0.2, 0.25) is 0 Å². The minimum atomic E-state index is -0.420. The molecule has 0 aliphatic carbocycles. The summed E-state index contributed by atoms with van der Waals surface area (Å²) in [5.74, 6) is 0.0913. The Balaban J connectivity index is 2.34. The van der Waals surface area contributed by atoms with Crippen molar-refractivity contribution in [3.8, 4) is 0 Å². The van der Waals surface area contributed by atoms with Gasteiger partial charge in [0.1, 0.15) is 11.6 Å². The highest BCUT2D eigenvalue weighted by atomic mass is 35.5. The maximum atomic E-state index is 13.6. The Hall–Kier alpha value is -1.55. The summed E-state index contributed by atoms with van der Waals surface area (Å²) in [6, 6.07) is 6.62. The van der Waals surface area contributed by atoms with E-state index in [2.05, 4.69) is 5.10 Å². The second kappa shape index (κ2) is 4.14. The summed E-state index contributed by atoms with van der Waals surface area (Å²) in [6.07, 6.45) is 0. The lowest BCUT2D eigenvalue weighted by Gasteiger charge is -2.06. The van der Waals surface area contributed by atoms with Crippen LogP contribution in [-0.4, -0.2) is 9.78 Å². The van der Waals surface area contributed by atoms with E-state index < -0.39 is 5.82 Å². The van der Waals surface area contributed by atoms with Gasteiger partial charge in [-0.05, 0) is 13.0 Å². The summed E-state index contributed by atoms with van der Waals surface area (Å²) in [4.78, 5) is 0. The van der Waals surface area contributed by atoms with Crippen molar-refractivity contribution >= 4 is 17.4 Å². The third-order valence-corrected chi connectivity index (χ3v) is 2.58. The van der Waals surface area contributed by atoms with Crippen molar-refractivity contribution in [2.24, 2.45) is 0 Å². The molecule has 0 atom stereocenters. The Bertz CT molecular complexity index is 522. The van der Waals surface area contributed by atoms with Crippen LogP contribution in [0.3, 0.4) is 0 Å². The maximum absolute atomic E-state index is 13.6. The van der Waals surface area contributed by atoms with Crippen molar-refractivity contribution in [1.29, 1.82) is 0 Å². The van der Waals surface area contributed by atoms with Gasteiger partial charge in [-0.2, -0.15) is 5.10 Å². The number of halogens is 2.